The van der Waals surface area contributed by atoms with Gasteiger partial charge in [0.2, 0.25) is 0 Å². The first kappa shape index (κ1) is 12.3. The molecule has 0 radical (unpaired) electrons. The van der Waals surface area contributed by atoms with E-state index in [2.05, 4.69) is 29.1 Å². The van der Waals surface area contributed by atoms with Crippen molar-refractivity contribution in [2.45, 2.75) is 33.7 Å². The number of hydrogen-bond donors (Lipinski definition) is 1. The lowest BCUT2D eigenvalue weighted by Crippen LogP contribution is -2.20. The lowest BCUT2D eigenvalue weighted by atomic mass is 10.3. The fourth-order valence-electron chi connectivity index (χ4n) is 1.24. The number of thioether (sulfide) groups is 1. The summed E-state index contributed by atoms with van der Waals surface area (Å²) in [5, 5.41) is 3.39. The number of aromatic nitrogens is 2. The minimum Gasteiger partial charge on any atom is -0.365 e. The first-order chi connectivity index (χ1) is 7.13. The topological polar surface area (TPSA) is 37.8 Å². The molecule has 15 heavy (non-hydrogen) atoms. The largest absolute Gasteiger partial charge is 0.365 e. The van der Waals surface area contributed by atoms with Gasteiger partial charge in [-0.3, -0.25) is 4.98 Å². The normalized spacial score (nSPS) is 12.5. The molecule has 1 N–H and O–H groups in total. The summed E-state index contributed by atoms with van der Waals surface area (Å²) >= 11 is 1.93. The summed E-state index contributed by atoms with van der Waals surface area (Å²) in [7, 11) is 0. The van der Waals surface area contributed by atoms with E-state index >= 15 is 0 Å². The van der Waals surface area contributed by atoms with Crippen molar-refractivity contribution in [1.82, 2.24) is 9.97 Å². The van der Waals surface area contributed by atoms with Crippen LogP contribution < -0.4 is 5.32 Å². The molecule has 84 valence electrons. The minimum atomic E-state index is 0.435. The molecule has 1 aromatic heterocycles. The Bertz CT molecular complexity index is 315. The van der Waals surface area contributed by atoms with Crippen LogP contribution in [0.15, 0.2) is 6.20 Å². The third-order valence-electron chi connectivity index (χ3n) is 2.03. The molecule has 1 aromatic rings. The Morgan fingerprint density at radius 2 is 2.20 bits per heavy atom. The van der Waals surface area contributed by atoms with Crippen LogP contribution in [0.4, 0.5) is 5.82 Å². The van der Waals surface area contributed by atoms with E-state index in [9.17, 15) is 0 Å². The third kappa shape index (κ3) is 4.08. The molecule has 1 unspecified atom stereocenters. The maximum atomic E-state index is 4.44. The Kier molecular flexibility index (Phi) is 4.88. The first-order valence-electron chi connectivity index (χ1n) is 5.28. The molecule has 0 aliphatic heterocycles. The SMILES string of the molecule is CCSCC(C)Nc1nc(C)cnc1C. The number of nitrogens with zero attached hydrogens (tertiary/aromatic N) is 2. The lowest BCUT2D eigenvalue weighted by Gasteiger charge is -2.15. The Hall–Kier alpha value is -0.770. The molecule has 1 heterocycles. The second-order valence-corrected chi connectivity index (χ2v) is 4.97. The zero-order valence-corrected chi connectivity index (χ0v) is 10.7. The van der Waals surface area contributed by atoms with E-state index in [1.54, 1.807) is 6.20 Å². The number of rotatable bonds is 5. The molecular weight excluding hydrogens is 206 g/mol. The molecule has 0 amide bonds. The van der Waals surface area contributed by atoms with E-state index in [-0.39, 0.29) is 0 Å². The summed E-state index contributed by atoms with van der Waals surface area (Å²) in [6.45, 7) is 8.29. The minimum absolute atomic E-state index is 0.435. The Labute approximate surface area is 96.1 Å². The van der Waals surface area contributed by atoms with Gasteiger partial charge < -0.3 is 5.32 Å². The van der Waals surface area contributed by atoms with Gasteiger partial charge in [-0.1, -0.05) is 6.92 Å². The first-order valence-corrected chi connectivity index (χ1v) is 6.43. The van der Waals surface area contributed by atoms with Crippen molar-refractivity contribution in [3.8, 4) is 0 Å². The van der Waals surface area contributed by atoms with E-state index in [0.717, 1.165) is 28.7 Å². The average Bonchev–Trinajstić information content (AvgIpc) is 2.20. The van der Waals surface area contributed by atoms with Gasteiger partial charge in [-0.25, -0.2) is 4.98 Å². The Morgan fingerprint density at radius 3 is 2.87 bits per heavy atom. The van der Waals surface area contributed by atoms with E-state index in [0.29, 0.717) is 6.04 Å². The third-order valence-corrected chi connectivity index (χ3v) is 3.17. The summed E-state index contributed by atoms with van der Waals surface area (Å²) in [5.41, 5.74) is 1.92. The standard InChI is InChI=1S/C11H19N3S/c1-5-15-7-9(3)14-11-10(4)12-6-8(2)13-11/h6,9H,5,7H2,1-4H3,(H,13,14). The molecule has 0 aliphatic carbocycles. The van der Waals surface area contributed by atoms with Gasteiger partial charge in [-0.2, -0.15) is 11.8 Å². The van der Waals surface area contributed by atoms with Crippen molar-refractivity contribution < 1.29 is 0 Å². The maximum absolute atomic E-state index is 4.44. The van der Waals surface area contributed by atoms with Crippen LogP contribution in [-0.4, -0.2) is 27.5 Å². The zero-order chi connectivity index (χ0) is 11.3. The smallest absolute Gasteiger partial charge is 0.147 e. The van der Waals surface area contributed by atoms with E-state index < -0.39 is 0 Å². The molecule has 0 aromatic carbocycles. The lowest BCUT2D eigenvalue weighted by molar-refractivity contribution is 0.886. The molecule has 0 saturated heterocycles. The van der Waals surface area contributed by atoms with Crippen molar-refractivity contribution >= 4 is 17.6 Å². The monoisotopic (exact) mass is 225 g/mol. The maximum Gasteiger partial charge on any atom is 0.147 e. The highest BCUT2D eigenvalue weighted by Gasteiger charge is 2.06. The number of aryl methyl sites for hydroxylation is 2. The van der Waals surface area contributed by atoms with Crippen molar-refractivity contribution in [3.05, 3.63) is 17.6 Å². The molecular formula is C11H19N3S. The summed E-state index contributed by atoms with van der Waals surface area (Å²) in [5.74, 6) is 3.18. The Balaban J connectivity index is 2.59. The van der Waals surface area contributed by atoms with Crippen LogP contribution in [0.1, 0.15) is 25.2 Å². The van der Waals surface area contributed by atoms with Crippen molar-refractivity contribution in [2.24, 2.45) is 0 Å². The van der Waals surface area contributed by atoms with Gasteiger partial charge in [-0.05, 0) is 26.5 Å². The van der Waals surface area contributed by atoms with Crippen LogP contribution in [0.5, 0.6) is 0 Å². The van der Waals surface area contributed by atoms with Gasteiger partial charge in [0.25, 0.3) is 0 Å². The van der Waals surface area contributed by atoms with Crippen molar-refractivity contribution in [2.75, 3.05) is 16.8 Å². The van der Waals surface area contributed by atoms with E-state index in [1.165, 1.54) is 0 Å². The molecule has 0 bridgehead atoms. The Morgan fingerprint density at radius 1 is 1.47 bits per heavy atom. The molecule has 0 spiro atoms. The molecule has 1 rings (SSSR count). The van der Waals surface area contributed by atoms with Gasteiger partial charge in [0, 0.05) is 18.0 Å². The van der Waals surface area contributed by atoms with Gasteiger partial charge in [0.05, 0.1) is 11.4 Å². The molecule has 0 fully saturated rings. The molecule has 1 atom stereocenters. The predicted octanol–water partition coefficient (Wildman–Crippen LogP) is 2.65. The predicted molar refractivity (Wildman–Crippen MR) is 67.6 cm³/mol. The second-order valence-electron chi connectivity index (χ2n) is 3.65. The average molecular weight is 225 g/mol. The summed E-state index contributed by atoms with van der Waals surface area (Å²) in [6, 6.07) is 0.435. The number of nitrogens with one attached hydrogen (secondary N) is 1. The van der Waals surface area contributed by atoms with Crippen molar-refractivity contribution in [1.29, 1.82) is 0 Å². The molecule has 0 aliphatic rings. The molecule has 3 nitrogen and oxygen atoms in total. The summed E-state index contributed by atoms with van der Waals surface area (Å²) in [4.78, 5) is 8.72. The van der Waals surface area contributed by atoms with Gasteiger partial charge in [0.1, 0.15) is 5.82 Å². The fourth-order valence-corrected chi connectivity index (χ4v) is 1.92. The van der Waals surface area contributed by atoms with Gasteiger partial charge in [0.15, 0.2) is 0 Å². The zero-order valence-electron chi connectivity index (χ0n) is 9.87. The highest BCUT2D eigenvalue weighted by molar-refractivity contribution is 7.99. The van der Waals surface area contributed by atoms with Crippen LogP contribution >= 0.6 is 11.8 Å². The van der Waals surface area contributed by atoms with Crippen molar-refractivity contribution in [3.63, 3.8) is 0 Å². The van der Waals surface area contributed by atoms with E-state index in [1.807, 2.05) is 25.6 Å². The van der Waals surface area contributed by atoms with Crippen LogP contribution in [0.25, 0.3) is 0 Å². The van der Waals surface area contributed by atoms with Crippen LogP contribution in [-0.2, 0) is 0 Å². The quantitative estimate of drug-likeness (QED) is 0.836. The highest BCUT2D eigenvalue weighted by atomic mass is 32.2. The van der Waals surface area contributed by atoms with Gasteiger partial charge in [-0.15, -0.1) is 0 Å². The van der Waals surface area contributed by atoms with E-state index in [4.69, 9.17) is 0 Å². The number of hydrogen-bond acceptors (Lipinski definition) is 4. The fraction of sp³-hybridized carbons (Fsp3) is 0.636. The number of anilines is 1. The van der Waals surface area contributed by atoms with Crippen LogP contribution in [0.3, 0.4) is 0 Å². The van der Waals surface area contributed by atoms with Crippen LogP contribution in [0, 0.1) is 13.8 Å². The molecule has 4 heteroatoms. The second kappa shape index (κ2) is 5.95. The summed E-state index contributed by atoms with van der Waals surface area (Å²) in [6.07, 6.45) is 1.80. The van der Waals surface area contributed by atoms with Gasteiger partial charge >= 0.3 is 0 Å². The highest BCUT2D eigenvalue weighted by Crippen LogP contribution is 2.12. The van der Waals surface area contributed by atoms with Crippen LogP contribution in [0.2, 0.25) is 0 Å². The summed E-state index contributed by atoms with van der Waals surface area (Å²) < 4.78 is 0. The molecule has 0 saturated carbocycles.